The smallest absolute Gasteiger partial charge is 0.251 e. The molecule has 2 aliphatic rings. The largest absolute Gasteiger partial charge is 0.497 e. The average molecular weight is 443 g/mol. The van der Waals surface area contributed by atoms with Crippen LogP contribution in [0.1, 0.15) is 10.4 Å². The summed E-state index contributed by atoms with van der Waals surface area (Å²) >= 11 is 0. The van der Waals surface area contributed by atoms with Gasteiger partial charge in [-0.05, 0) is 36.4 Å². The van der Waals surface area contributed by atoms with E-state index in [1.54, 1.807) is 37.6 Å². The van der Waals surface area contributed by atoms with Gasteiger partial charge in [0.1, 0.15) is 23.8 Å². The number of piperazine rings is 1. The molecule has 1 amide bonds. The van der Waals surface area contributed by atoms with Gasteiger partial charge >= 0.3 is 0 Å². The fourth-order valence-corrected chi connectivity index (χ4v) is 4.42. The minimum Gasteiger partial charge on any atom is -0.497 e. The summed E-state index contributed by atoms with van der Waals surface area (Å²) in [6, 6.07) is 12.4. The molecule has 0 aliphatic carbocycles. The fourth-order valence-electron chi connectivity index (χ4n) is 4.42. The van der Waals surface area contributed by atoms with Crippen LogP contribution in [0.4, 0.5) is 5.82 Å². The maximum absolute atomic E-state index is 12.6. The number of benzene rings is 1. The number of nitrogens with one attached hydrogen (secondary N) is 1. The first kappa shape index (κ1) is 22.5. The maximum atomic E-state index is 12.6. The Labute approximate surface area is 187 Å². The Morgan fingerprint density at radius 1 is 1.16 bits per heavy atom. The van der Waals surface area contributed by atoms with Gasteiger partial charge in [0.2, 0.25) is 0 Å². The second-order valence-corrected chi connectivity index (χ2v) is 8.03. The van der Waals surface area contributed by atoms with Gasteiger partial charge in [-0.2, -0.15) is 0 Å². The number of nitrogens with zero attached hydrogens (tertiary/aromatic N) is 3. The number of hydrogen-bond donors (Lipinski definition) is 3. The lowest BCUT2D eigenvalue weighted by atomic mass is 10.0. The lowest BCUT2D eigenvalue weighted by Crippen LogP contribution is -2.57. The predicted octanol–water partition coefficient (Wildman–Crippen LogP) is 0.131. The van der Waals surface area contributed by atoms with E-state index in [0.29, 0.717) is 11.3 Å². The number of anilines is 1. The molecule has 0 bridgehead atoms. The van der Waals surface area contributed by atoms with E-state index in [0.717, 1.165) is 32.0 Å². The molecule has 4 atom stereocenters. The van der Waals surface area contributed by atoms with Crippen molar-refractivity contribution in [3.05, 3.63) is 54.2 Å². The second kappa shape index (κ2) is 10.3. The number of aliphatic hydroxyl groups excluding tert-OH is 2. The molecule has 9 nitrogen and oxygen atoms in total. The Kier molecular flexibility index (Phi) is 7.21. The molecular formula is C23H30N4O5. The van der Waals surface area contributed by atoms with Crippen LogP contribution in [0.5, 0.6) is 5.75 Å². The molecule has 172 valence electrons. The molecule has 32 heavy (non-hydrogen) atoms. The lowest BCUT2D eigenvalue weighted by Gasteiger charge is -2.40. The van der Waals surface area contributed by atoms with Gasteiger partial charge in [0.15, 0.2) is 0 Å². The average Bonchev–Trinajstić information content (AvgIpc) is 3.18. The third-order valence-electron chi connectivity index (χ3n) is 6.17. The van der Waals surface area contributed by atoms with E-state index >= 15 is 0 Å². The van der Waals surface area contributed by atoms with E-state index in [-0.39, 0.29) is 25.1 Å². The van der Waals surface area contributed by atoms with Crippen LogP contribution in [0.3, 0.4) is 0 Å². The molecule has 2 fully saturated rings. The van der Waals surface area contributed by atoms with Gasteiger partial charge in [-0.15, -0.1) is 0 Å². The predicted molar refractivity (Wildman–Crippen MR) is 119 cm³/mol. The summed E-state index contributed by atoms with van der Waals surface area (Å²) in [4.78, 5) is 21.4. The Balaban J connectivity index is 1.38. The van der Waals surface area contributed by atoms with Crippen molar-refractivity contribution in [1.29, 1.82) is 0 Å². The summed E-state index contributed by atoms with van der Waals surface area (Å²) in [5.41, 5.74) is 0.517. The number of carbonyl (C=O) groups is 1. The summed E-state index contributed by atoms with van der Waals surface area (Å²) in [5.74, 6) is 1.39. The number of hydrogen-bond acceptors (Lipinski definition) is 8. The highest BCUT2D eigenvalue weighted by Gasteiger charge is 2.46. The van der Waals surface area contributed by atoms with Crippen molar-refractivity contribution in [3.8, 4) is 5.75 Å². The molecule has 0 spiro atoms. The zero-order valence-corrected chi connectivity index (χ0v) is 18.1. The van der Waals surface area contributed by atoms with E-state index in [9.17, 15) is 15.0 Å². The normalized spacial score (nSPS) is 26.2. The first-order chi connectivity index (χ1) is 15.6. The zero-order valence-electron chi connectivity index (χ0n) is 18.1. The van der Waals surface area contributed by atoms with Crippen molar-refractivity contribution in [2.45, 2.75) is 24.4 Å². The van der Waals surface area contributed by atoms with Gasteiger partial charge in [0.05, 0.1) is 25.9 Å². The quantitative estimate of drug-likeness (QED) is 0.556. The molecule has 2 aliphatic heterocycles. The molecule has 0 saturated carbocycles. The Bertz CT molecular complexity index is 874. The standard InChI is InChI=1S/C23H30N4O5/c1-31-17-7-5-16(6-8-17)23(30)25-14-18-21(22(29)19(15-28)32-18)27-12-10-26(11-13-27)20-4-2-3-9-24-20/h2-9,18-19,21-22,28-29H,10-15H2,1H3,(H,25,30). The summed E-state index contributed by atoms with van der Waals surface area (Å²) in [5, 5.41) is 23.4. The van der Waals surface area contributed by atoms with E-state index in [4.69, 9.17) is 9.47 Å². The van der Waals surface area contributed by atoms with E-state index in [1.165, 1.54) is 0 Å². The maximum Gasteiger partial charge on any atom is 0.251 e. The monoisotopic (exact) mass is 442 g/mol. The fraction of sp³-hybridized carbons (Fsp3) is 0.478. The number of ether oxygens (including phenoxy) is 2. The molecule has 4 unspecified atom stereocenters. The molecule has 1 aromatic carbocycles. The highest BCUT2D eigenvalue weighted by molar-refractivity contribution is 5.94. The minimum atomic E-state index is -0.829. The van der Waals surface area contributed by atoms with Crippen LogP contribution < -0.4 is 15.0 Å². The van der Waals surface area contributed by atoms with Gasteiger partial charge < -0.3 is 29.9 Å². The van der Waals surface area contributed by atoms with E-state index < -0.39 is 18.3 Å². The van der Waals surface area contributed by atoms with Crippen LogP contribution in [0.15, 0.2) is 48.7 Å². The highest BCUT2D eigenvalue weighted by Crippen LogP contribution is 2.27. The van der Waals surface area contributed by atoms with Gasteiger partial charge in [-0.1, -0.05) is 6.07 Å². The third-order valence-corrected chi connectivity index (χ3v) is 6.17. The van der Waals surface area contributed by atoms with Crippen LogP contribution in [0, 0.1) is 0 Å². The molecule has 2 saturated heterocycles. The molecule has 3 N–H and O–H groups in total. The second-order valence-electron chi connectivity index (χ2n) is 8.03. The number of methoxy groups -OCH3 is 1. The van der Waals surface area contributed by atoms with Crippen molar-refractivity contribution in [3.63, 3.8) is 0 Å². The molecule has 2 aromatic rings. The number of amides is 1. The van der Waals surface area contributed by atoms with Crippen molar-refractivity contribution < 1.29 is 24.5 Å². The molecular weight excluding hydrogens is 412 g/mol. The Hall–Kier alpha value is -2.72. The summed E-state index contributed by atoms with van der Waals surface area (Å²) in [7, 11) is 1.58. The van der Waals surface area contributed by atoms with Gasteiger partial charge in [-0.3, -0.25) is 9.69 Å². The van der Waals surface area contributed by atoms with E-state index in [1.807, 2.05) is 18.2 Å². The third kappa shape index (κ3) is 4.86. The van der Waals surface area contributed by atoms with Crippen LogP contribution in [0.2, 0.25) is 0 Å². The molecule has 9 heteroatoms. The van der Waals surface area contributed by atoms with Gasteiger partial charge in [-0.25, -0.2) is 4.98 Å². The van der Waals surface area contributed by atoms with Crippen molar-refractivity contribution in [1.82, 2.24) is 15.2 Å². The molecule has 0 radical (unpaired) electrons. The molecule has 1 aromatic heterocycles. The van der Waals surface area contributed by atoms with Gasteiger partial charge in [0, 0.05) is 44.5 Å². The van der Waals surface area contributed by atoms with E-state index in [2.05, 4.69) is 20.1 Å². The first-order valence-corrected chi connectivity index (χ1v) is 10.9. The van der Waals surface area contributed by atoms with Crippen LogP contribution >= 0.6 is 0 Å². The Morgan fingerprint density at radius 3 is 2.53 bits per heavy atom. The number of carbonyl (C=O) groups excluding carboxylic acids is 1. The first-order valence-electron chi connectivity index (χ1n) is 10.9. The zero-order chi connectivity index (χ0) is 22.5. The van der Waals surface area contributed by atoms with Gasteiger partial charge in [0.25, 0.3) is 5.91 Å². The number of aromatic nitrogens is 1. The SMILES string of the molecule is COc1ccc(C(=O)NCC2OC(CO)C(O)C2N2CCN(c3ccccn3)CC2)cc1. The van der Waals surface area contributed by atoms with Crippen LogP contribution in [0.25, 0.3) is 0 Å². The number of rotatable bonds is 7. The molecule has 4 rings (SSSR count). The lowest BCUT2D eigenvalue weighted by molar-refractivity contribution is -0.0209. The summed E-state index contributed by atoms with van der Waals surface area (Å²) < 4.78 is 11.0. The van der Waals surface area contributed by atoms with Crippen molar-refractivity contribution in [2.75, 3.05) is 51.3 Å². The summed E-state index contributed by atoms with van der Waals surface area (Å²) in [6.45, 7) is 2.97. The summed E-state index contributed by atoms with van der Waals surface area (Å²) in [6.07, 6.45) is -0.143. The van der Waals surface area contributed by atoms with Crippen LogP contribution in [-0.4, -0.2) is 96.8 Å². The number of pyridine rings is 1. The minimum absolute atomic E-state index is 0.225. The van der Waals surface area contributed by atoms with Crippen molar-refractivity contribution in [2.24, 2.45) is 0 Å². The Morgan fingerprint density at radius 2 is 1.91 bits per heavy atom. The highest BCUT2D eigenvalue weighted by atomic mass is 16.5. The molecule has 3 heterocycles. The number of aliphatic hydroxyl groups is 2. The topological polar surface area (TPSA) is 107 Å². The van der Waals surface area contributed by atoms with Crippen molar-refractivity contribution >= 4 is 11.7 Å². The van der Waals surface area contributed by atoms with Crippen LogP contribution in [-0.2, 0) is 4.74 Å².